The molecule has 2 aliphatic heterocycles. The molecule has 2 heterocycles. The van der Waals surface area contributed by atoms with Crippen molar-refractivity contribution >= 4 is 11.8 Å². The highest BCUT2D eigenvalue weighted by Crippen LogP contribution is 2.59. The van der Waals surface area contributed by atoms with Gasteiger partial charge in [0.05, 0.1) is 6.61 Å². The summed E-state index contributed by atoms with van der Waals surface area (Å²) >= 11 is 0. The van der Waals surface area contributed by atoms with Crippen molar-refractivity contribution in [2.75, 3.05) is 13.2 Å². The van der Waals surface area contributed by atoms with E-state index in [2.05, 4.69) is 5.32 Å². The molecule has 0 aromatic heterocycles. The van der Waals surface area contributed by atoms with E-state index in [0.717, 1.165) is 17.8 Å². The van der Waals surface area contributed by atoms with Crippen molar-refractivity contribution in [1.82, 2.24) is 10.2 Å². The molecule has 0 unspecified atom stereocenters. The average Bonchev–Trinajstić information content (AvgIpc) is 3.05. The predicted octanol–water partition coefficient (Wildman–Crippen LogP) is 3.13. The highest BCUT2D eigenvalue weighted by Gasteiger charge is 2.60. The van der Waals surface area contributed by atoms with Crippen molar-refractivity contribution in [3.05, 3.63) is 11.3 Å². The van der Waals surface area contributed by atoms with E-state index in [-0.39, 0.29) is 28.8 Å². The fraction of sp³-hybridized carbons (Fsp3) is 0.826. The van der Waals surface area contributed by atoms with Crippen LogP contribution in [-0.4, -0.2) is 46.7 Å². The molecule has 6 heteroatoms. The van der Waals surface area contributed by atoms with E-state index in [1.807, 2.05) is 20.8 Å². The summed E-state index contributed by atoms with van der Waals surface area (Å²) in [5.41, 5.74) is -1.16. The molecule has 0 radical (unpaired) electrons. The van der Waals surface area contributed by atoms with E-state index in [1.54, 1.807) is 11.8 Å². The normalized spacial score (nSPS) is 43.3. The van der Waals surface area contributed by atoms with Crippen LogP contribution in [0.4, 0.5) is 0 Å². The lowest BCUT2D eigenvalue weighted by atomic mass is 9.49. The summed E-state index contributed by atoms with van der Waals surface area (Å²) in [5.74, 6) is 1.46. The molecular formula is C23H34N2O4. The number of rotatable bonds is 3. The molecule has 2 atom stereocenters. The van der Waals surface area contributed by atoms with Gasteiger partial charge in [0.1, 0.15) is 23.1 Å². The number of hydrogen-bond acceptors (Lipinski definition) is 4. The number of carbonyl (C=O) groups is 2. The molecule has 6 rings (SSSR count). The van der Waals surface area contributed by atoms with Crippen LogP contribution in [0.2, 0.25) is 0 Å². The Kier molecular flexibility index (Phi) is 4.01. The summed E-state index contributed by atoms with van der Waals surface area (Å²) in [7, 11) is 0. The van der Waals surface area contributed by atoms with Gasteiger partial charge in [-0.25, -0.2) is 0 Å². The number of aliphatic hydroxyl groups is 1. The predicted molar refractivity (Wildman–Crippen MR) is 108 cm³/mol. The summed E-state index contributed by atoms with van der Waals surface area (Å²) < 4.78 is 5.86. The van der Waals surface area contributed by atoms with Gasteiger partial charge in [0.15, 0.2) is 0 Å². The Morgan fingerprint density at radius 2 is 1.72 bits per heavy atom. The maximum absolute atomic E-state index is 13.2. The Morgan fingerprint density at radius 1 is 1.17 bits per heavy atom. The van der Waals surface area contributed by atoms with Gasteiger partial charge in [-0.05, 0) is 68.6 Å². The molecule has 6 nitrogen and oxygen atoms in total. The third-order valence-corrected chi connectivity index (χ3v) is 8.23. The maximum Gasteiger partial charge on any atom is 0.265 e. The highest BCUT2D eigenvalue weighted by molar-refractivity contribution is 6.21. The number of amides is 2. The Balaban J connectivity index is 1.33. The highest BCUT2D eigenvalue weighted by atomic mass is 16.5. The van der Waals surface area contributed by atoms with E-state index >= 15 is 0 Å². The molecule has 1 saturated heterocycles. The van der Waals surface area contributed by atoms with Crippen LogP contribution in [0.25, 0.3) is 0 Å². The minimum atomic E-state index is -0.956. The van der Waals surface area contributed by atoms with Gasteiger partial charge in [-0.3, -0.25) is 14.5 Å². The lowest BCUT2D eigenvalue weighted by Gasteiger charge is -2.56. The van der Waals surface area contributed by atoms with Gasteiger partial charge in [-0.15, -0.1) is 0 Å². The molecule has 0 aromatic carbocycles. The molecule has 2 N–H and O–H groups in total. The number of nitrogens with zero attached hydrogens (tertiary/aromatic N) is 1. The summed E-state index contributed by atoms with van der Waals surface area (Å²) in [4.78, 5) is 27.8. The Bertz CT molecular complexity index is 760. The van der Waals surface area contributed by atoms with E-state index < -0.39 is 23.6 Å². The van der Waals surface area contributed by atoms with Gasteiger partial charge in [0.2, 0.25) is 0 Å². The number of hydrogen-bond donors (Lipinski definition) is 2. The first kappa shape index (κ1) is 19.4. The van der Waals surface area contributed by atoms with Crippen molar-refractivity contribution in [3.63, 3.8) is 0 Å². The molecule has 0 aromatic rings. The van der Waals surface area contributed by atoms with Crippen molar-refractivity contribution in [2.24, 2.45) is 28.6 Å². The molecule has 4 bridgehead atoms. The average molecular weight is 403 g/mol. The van der Waals surface area contributed by atoms with Crippen LogP contribution in [0.15, 0.2) is 11.3 Å². The van der Waals surface area contributed by atoms with Gasteiger partial charge >= 0.3 is 0 Å². The van der Waals surface area contributed by atoms with Crippen LogP contribution < -0.4 is 5.32 Å². The second-order valence-electron chi connectivity index (χ2n) is 11.8. The number of ether oxygens (including phenoxy) is 1. The standard InChI is InChI=1S/C23H34N2O4/c1-21(2,3)20-25-19(28)16(17(26)22(25,4)12-29-20)18(27)24-11-23-8-13-5-14(9-23)7-15(6-13)10-23/h13-15,20,26H,5-12H2,1-4H3,(H,24,27)/t13?,14?,15?,20-,22-,23?/m1/s1. The molecule has 160 valence electrons. The first-order valence-electron chi connectivity index (χ1n) is 11.2. The zero-order chi connectivity index (χ0) is 20.8. The minimum absolute atomic E-state index is 0.0882. The molecule has 6 aliphatic rings. The smallest absolute Gasteiger partial charge is 0.265 e. The molecule has 0 spiro atoms. The van der Waals surface area contributed by atoms with Gasteiger partial charge < -0.3 is 15.2 Å². The fourth-order valence-electron chi connectivity index (χ4n) is 7.35. The number of aliphatic hydroxyl groups excluding tert-OH is 1. The van der Waals surface area contributed by atoms with Crippen LogP contribution >= 0.6 is 0 Å². The molecular weight excluding hydrogens is 368 g/mol. The quantitative estimate of drug-likeness (QED) is 0.711. The molecule has 4 saturated carbocycles. The molecule has 4 aliphatic carbocycles. The van der Waals surface area contributed by atoms with Crippen LogP contribution in [0.5, 0.6) is 0 Å². The second kappa shape index (κ2) is 5.99. The SMILES string of the molecule is CC(C)(C)[C@H]1OC[C@]2(C)C(O)=C(C(=O)NCC34CC5CC(CC(C5)C3)C4)C(=O)N12. The largest absolute Gasteiger partial charge is 0.509 e. The van der Waals surface area contributed by atoms with Gasteiger partial charge in [0, 0.05) is 12.0 Å². The van der Waals surface area contributed by atoms with Gasteiger partial charge in [-0.1, -0.05) is 20.8 Å². The van der Waals surface area contributed by atoms with Crippen LogP contribution in [0, 0.1) is 28.6 Å². The lowest BCUT2D eigenvalue weighted by molar-refractivity contribution is -0.141. The third kappa shape index (κ3) is 2.77. The summed E-state index contributed by atoms with van der Waals surface area (Å²) in [6.07, 6.45) is 7.21. The summed E-state index contributed by atoms with van der Waals surface area (Å²) in [6.45, 7) is 8.61. The summed E-state index contributed by atoms with van der Waals surface area (Å²) in [6, 6.07) is 0. The van der Waals surface area contributed by atoms with E-state index in [4.69, 9.17) is 4.74 Å². The van der Waals surface area contributed by atoms with Crippen molar-refractivity contribution < 1.29 is 19.4 Å². The van der Waals surface area contributed by atoms with Gasteiger partial charge in [0.25, 0.3) is 11.8 Å². The van der Waals surface area contributed by atoms with Crippen molar-refractivity contribution in [3.8, 4) is 0 Å². The summed E-state index contributed by atoms with van der Waals surface area (Å²) in [5, 5.41) is 13.9. The first-order valence-corrected chi connectivity index (χ1v) is 11.2. The number of fused-ring (bicyclic) bond motifs is 1. The third-order valence-electron chi connectivity index (χ3n) is 8.23. The zero-order valence-electron chi connectivity index (χ0n) is 18.1. The second-order valence-corrected chi connectivity index (χ2v) is 11.8. The number of carbonyl (C=O) groups excluding carboxylic acids is 2. The van der Waals surface area contributed by atoms with E-state index in [9.17, 15) is 14.7 Å². The minimum Gasteiger partial charge on any atom is -0.509 e. The molecule has 5 fully saturated rings. The van der Waals surface area contributed by atoms with Gasteiger partial charge in [-0.2, -0.15) is 0 Å². The first-order chi connectivity index (χ1) is 13.5. The Labute approximate surface area is 173 Å². The van der Waals surface area contributed by atoms with Crippen molar-refractivity contribution in [1.29, 1.82) is 0 Å². The monoisotopic (exact) mass is 402 g/mol. The fourth-order valence-corrected chi connectivity index (χ4v) is 7.35. The zero-order valence-corrected chi connectivity index (χ0v) is 18.1. The number of nitrogens with one attached hydrogen (secondary N) is 1. The Hall–Kier alpha value is -1.56. The maximum atomic E-state index is 13.2. The van der Waals surface area contributed by atoms with Crippen molar-refractivity contribution in [2.45, 2.75) is 78.0 Å². The Morgan fingerprint density at radius 3 is 2.24 bits per heavy atom. The van der Waals surface area contributed by atoms with Crippen LogP contribution in [-0.2, 0) is 14.3 Å². The van der Waals surface area contributed by atoms with Crippen LogP contribution in [0.3, 0.4) is 0 Å². The molecule has 2 amide bonds. The van der Waals surface area contributed by atoms with E-state index in [0.29, 0.717) is 6.54 Å². The van der Waals surface area contributed by atoms with Crippen LogP contribution in [0.1, 0.15) is 66.2 Å². The molecule has 29 heavy (non-hydrogen) atoms. The van der Waals surface area contributed by atoms with E-state index in [1.165, 1.54) is 38.5 Å². The lowest BCUT2D eigenvalue weighted by Crippen LogP contribution is -2.52. The topological polar surface area (TPSA) is 78.9 Å².